The highest BCUT2D eigenvalue weighted by molar-refractivity contribution is 7.85. The fourth-order valence-corrected chi connectivity index (χ4v) is 3.09. The quantitative estimate of drug-likeness (QED) is 0.430. The lowest BCUT2D eigenvalue weighted by atomic mass is 9.95. The third kappa shape index (κ3) is 5.33. The van der Waals surface area contributed by atoms with Crippen molar-refractivity contribution < 1.29 is 31.6 Å². The van der Waals surface area contributed by atoms with Gasteiger partial charge in [0.25, 0.3) is 10.1 Å². The number of hydrogen-bond acceptors (Lipinski definition) is 8. The molecular formula is C17H25NO7S. The van der Waals surface area contributed by atoms with Crippen molar-refractivity contribution >= 4 is 21.8 Å². The van der Waals surface area contributed by atoms with Crippen molar-refractivity contribution in [1.82, 2.24) is 0 Å². The maximum Gasteiger partial charge on any atom is 0.329 e. The summed E-state index contributed by atoms with van der Waals surface area (Å²) in [6.07, 6.45) is 0.964. The van der Waals surface area contributed by atoms with Gasteiger partial charge in [-0.3, -0.25) is 4.18 Å². The zero-order chi connectivity index (χ0) is 19.5. The van der Waals surface area contributed by atoms with Gasteiger partial charge in [0, 0.05) is 24.3 Å². The van der Waals surface area contributed by atoms with Gasteiger partial charge in [-0.25, -0.2) is 4.79 Å². The van der Waals surface area contributed by atoms with Crippen LogP contribution in [-0.2, 0) is 28.6 Å². The van der Waals surface area contributed by atoms with Crippen molar-refractivity contribution in [3.8, 4) is 5.75 Å². The van der Waals surface area contributed by atoms with E-state index >= 15 is 0 Å². The van der Waals surface area contributed by atoms with Gasteiger partial charge < -0.3 is 19.5 Å². The Balaban J connectivity index is 2.36. The number of fused-ring (bicyclic) bond motifs is 1. The lowest BCUT2D eigenvalue weighted by molar-refractivity contribution is -0.156. The van der Waals surface area contributed by atoms with Gasteiger partial charge >= 0.3 is 5.97 Å². The van der Waals surface area contributed by atoms with Gasteiger partial charge in [0.2, 0.25) is 0 Å². The molecule has 2 unspecified atom stereocenters. The van der Waals surface area contributed by atoms with E-state index in [9.17, 15) is 13.2 Å². The summed E-state index contributed by atoms with van der Waals surface area (Å²) in [5.74, 6) is -0.596. The zero-order valence-electron chi connectivity index (χ0n) is 15.6. The highest BCUT2D eigenvalue weighted by Crippen LogP contribution is 2.43. The molecule has 0 fully saturated rings. The van der Waals surface area contributed by atoms with Crippen LogP contribution in [0.15, 0.2) is 18.2 Å². The standard InChI is InChI=1S/C17H25NO7S/c1-17(2,3)25-16(19)15-11(9-24-26(5,20)21)14-12(18-15)7-6-8-13(14)23-10-22-4/h6-8,11,15,18H,9-10H2,1-5H3. The fourth-order valence-electron chi connectivity index (χ4n) is 2.70. The topological polar surface area (TPSA) is 100 Å². The van der Waals surface area contributed by atoms with Crippen molar-refractivity contribution in [2.75, 3.05) is 32.1 Å². The molecule has 2 rings (SSSR count). The molecule has 1 heterocycles. The van der Waals surface area contributed by atoms with Gasteiger partial charge in [0.15, 0.2) is 6.79 Å². The van der Waals surface area contributed by atoms with Gasteiger partial charge in [-0.05, 0) is 32.9 Å². The average molecular weight is 387 g/mol. The molecule has 1 N–H and O–H groups in total. The van der Waals surface area contributed by atoms with E-state index in [-0.39, 0.29) is 13.4 Å². The lowest BCUT2D eigenvalue weighted by Gasteiger charge is -2.25. The molecule has 0 saturated heterocycles. The summed E-state index contributed by atoms with van der Waals surface area (Å²) in [5, 5.41) is 3.09. The highest BCUT2D eigenvalue weighted by Gasteiger charge is 2.42. The average Bonchev–Trinajstić information content (AvgIpc) is 2.88. The molecule has 0 saturated carbocycles. The molecule has 146 valence electrons. The summed E-state index contributed by atoms with van der Waals surface area (Å²) in [7, 11) is -2.18. The predicted molar refractivity (Wildman–Crippen MR) is 95.7 cm³/mol. The van der Waals surface area contributed by atoms with Crippen molar-refractivity contribution in [1.29, 1.82) is 0 Å². The van der Waals surface area contributed by atoms with Gasteiger partial charge in [0.1, 0.15) is 17.4 Å². The maximum atomic E-state index is 12.6. The lowest BCUT2D eigenvalue weighted by Crippen LogP contribution is -2.38. The largest absolute Gasteiger partial charge is 0.467 e. The van der Waals surface area contributed by atoms with Crippen molar-refractivity contribution in [3.63, 3.8) is 0 Å². The fraction of sp³-hybridized carbons (Fsp3) is 0.588. The Bertz CT molecular complexity index is 755. The van der Waals surface area contributed by atoms with E-state index in [0.29, 0.717) is 17.0 Å². The second-order valence-electron chi connectivity index (χ2n) is 7.02. The first-order valence-corrected chi connectivity index (χ1v) is 9.92. The molecule has 1 aliphatic heterocycles. The number of carbonyl (C=O) groups is 1. The molecule has 0 aliphatic carbocycles. The summed E-state index contributed by atoms with van der Waals surface area (Å²) in [5.41, 5.74) is 0.645. The number of carbonyl (C=O) groups excluding carboxylic acids is 1. The van der Waals surface area contributed by atoms with Crippen LogP contribution >= 0.6 is 0 Å². The number of anilines is 1. The third-order valence-corrected chi connectivity index (χ3v) is 4.17. The van der Waals surface area contributed by atoms with Crippen LogP contribution in [0.2, 0.25) is 0 Å². The van der Waals surface area contributed by atoms with Crippen LogP contribution in [0.5, 0.6) is 5.75 Å². The molecule has 0 spiro atoms. The molecule has 8 nitrogen and oxygen atoms in total. The SMILES string of the molecule is COCOc1cccc2c1C(COS(C)(=O)=O)C(C(=O)OC(C)(C)C)N2. The van der Waals surface area contributed by atoms with Crippen molar-refractivity contribution in [2.45, 2.75) is 38.3 Å². The second kappa shape index (κ2) is 7.81. The Morgan fingerprint density at radius 3 is 2.54 bits per heavy atom. The van der Waals surface area contributed by atoms with E-state index in [1.807, 2.05) is 0 Å². The highest BCUT2D eigenvalue weighted by atomic mass is 32.2. The number of nitrogens with one attached hydrogen (secondary N) is 1. The van der Waals surface area contributed by atoms with Crippen LogP contribution in [-0.4, -0.2) is 52.8 Å². The number of hydrogen-bond donors (Lipinski definition) is 1. The van der Waals surface area contributed by atoms with E-state index < -0.39 is 33.6 Å². The minimum atomic E-state index is -3.67. The van der Waals surface area contributed by atoms with Gasteiger partial charge in [-0.2, -0.15) is 8.42 Å². The van der Waals surface area contributed by atoms with Gasteiger partial charge in [-0.1, -0.05) is 6.07 Å². The monoisotopic (exact) mass is 387 g/mol. The van der Waals surface area contributed by atoms with Crippen LogP contribution in [0.1, 0.15) is 32.3 Å². The first kappa shape index (κ1) is 20.5. The minimum absolute atomic E-state index is 0.0210. The Labute approximate surface area is 153 Å². The van der Waals surface area contributed by atoms with Crippen LogP contribution in [0.4, 0.5) is 5.69 Å². The Hall–Kier alpha value is -1.84. The number of benzene rings is 1. The molecule has 0 bridgehead atoms. The van der Waals surface area contributed by atoms with E-state index in [0.717, 1.165) is 6.26 Å². The van der Waals surface area contributed by atoms with Gasteiger partial charge in [0.05, 0.1) is 12.9 Å². The minimum Gasteiger partial charge on any atom is -0.467 e. The Kier molecular flexibility index (Phi) is 6.15. The van der Waals surface area contributed by atoms with Crippen molar-refractivity contribution in [3.05, 3.63) is 23.8 Å². The van der Waals surface area contributed by atoms with Crippen molar-refractivity contribution in [2.24, 2.45) is 0 Å². The van der Waals surface area contributed by atoms with E-state index in [1.54, 1.807) is 39.0 Å². The molecule has 9 heteroatoms. The summed E-state index contributed by atoms with van der Waals surface area (Å²) in [6, 6.07) is 4.48. The Morgan fingerprint density at radius 1 is 1.27 bits per heavy atom. The van der Waals surface area contributed by atoms with E-state index in [4.69, 9.17) is 18.4 Å². The van der Waals surface area contributed by atoms with Crippen LogP contribution in [0, 0.1) is 0 Å². The number of ether oxygens (including phenoxy) is 3. The summed E-state index contributed by atoms with van der Waals surface area (Å²) in [6.45, 7) is 5.11. The zero-order valence-corrected chi connectivity index (χ0v) is 16.4. The van der Waals surface area contributed by atoms with E-state index in [2.05, 4.69) is 5.32 Å². The summed E-state index contributed by atoms with van der Waals surface area (Å²) < 4.78 is 43.8. The molecule has 0 aromatic heterocycles. The Morgan fingerprint density at radius 2 is 1.96 bits per heavy atom. The smallest absolute Gasteiger partial charge is 0.329 e. The predicted octanol–water partition coefficient (Wildman–Crippen LogP) is 1.86. The second-order valence-corrected chi connectivity index (χ2v) is 8.66. The molecule has 1 aromatic carbocycles. The molecule has 1 aromatic rings. The summed E-state index contributed by atoms with van der Waals surface area (Å²) in [4.78, 5) is 12.6. The molecule has 2 atom stereocenters. The molecule has 26 heavy (non-hydrogen) atoms. The normalized spacial score (nSPS) is 19.6. The van der Waals surface area contributed by atoms with Gasteiger partial charge in [-0.15, -0.1) is 0 Å². The third-order valence-electron chi connectivity index (χ3n) is 3.60. The number of esters is 1. The molecule has 0 amide bonds. The molecule has 0 radical (unpaired) electrons. The number of methoxy groups -OCH3 is 1. The van der Waals surface area contributed by atoms with E-state index in [1.165, 1.54) is 7.11 Å². The van der Waals surface area contributed by atoms with Crippen LogP contribution in [0.25, 0.3) is 0 Å². The maximum absolute atomic E-state index is 12.6. The summed E-state index contributed by atoms with van der Waals surface area (Å²) >= 11 is 0. The van der Waals surface area contributed by atoms with Crippen LogP contribution < -0.4 is 10.1 Å². The van der Waals surface area contributed by atoms with Crippen LogP contribution in [0.3, 0.4) is 0 Å². The first-order chi connectivity index (χ1) is 12.0. The molecule has 1 aliphatic rings. The molecular weight excluding hydrogens is 362 g/mol. The number of rotatable bonds is 7. The first-order valence-electron chi connectivity index (χ1n) is 8.10.